The molecule has 0 bridgehead atoms. The second-order valence-corrected chi connectivity index (χ2v) is 7.55. The molecule has 7 heteroatoms. The second-order valence-electron chi connectivity index (χ2n) is 5.96. The molecule has 1 saturated heterocycles. The van der Waals surface area contributed by atoms with Crippen LogP contribution in [0.3, 0.4) is 0 Å². The van der Waals surface area contributed by atoms with Crippen LogP contribution in [0.2, 0.25) is 5.02 Å². The Morgan fingerprint density at radius 2 is 1.88 bits per heavy atom. The number of hydrogen-bond acceptors (Lipinski definition) is 4. The van der Waals surface area contributed by atoms with Gasteiger partial charge < -0.3 is 19.7 Å². The lowest BCUT2D eigenvalue weighted by Gasteiger charge is -2.25. The molecule has 1 N–H and O–H groups in total. The normalized spacial score (nSPS) is 16.5. The van der Waals surface area contributed by atoms with Gasteiger partial charge in [-0.15, -0.1) is 11.8 Å². The Labute approximate surface area is 162 Å². The lowest BCUT2D eigenvalue weighted by molar-refractivity contribution is 0.214. The van der Waals surface area contributed by atoms with Gasteiger partial charge in [0.1, 0.15) is 16.9 Å². The minimum Gasteiger partial charge on any atom is -0.497 e. The molecule has 2 aromatic rings. The van der Waals surface area contributed by atoms with Crippen LogP contribution in [0.1, 0.15) is 16.5 Å². The molecule has 0 spiro atoms. The molecule has 2 aromatic carbocycles. The van der Waals surface area contributed by atoms with Gasteiger partial charge in [0.15, 0.2) is 0 Å². The first kappa shape index (κ1) is 18.7. The number of amides is 2. The van der Waals surface area contributed by atoms with Gasteiger partial charge in [-0.05, 0) is 42.3 Å². The van der Waals surface area contributed by atoms with E-state index >= 15 is 0 Å². The van der Waals surface area contributed by atoms with Crippen molar-refractivity contribution in [3.05, 3.63) is 52.5 Å². The van der Waals surface area contributed by atoms with E-state index in [4.69, 9.17) is 21.1 Å². The van der Waals surface area contributed by atoms with Crippen molar-refractivity contribution in [3.63, 3.8) is 0 Å². The maximum Gasteiger partial charge on any atom is 0.323 e. The van der Waals surface area contributed by atoms with E-state index in [2.05, 4.69) is 5.32 Å². The summed E-state index contributed by atoms with van der Waals surface area (Å²) in [6.45, 7) is 2.59. The maximum atomic E-state index is 12.8. The fourth-order valence-electron chi connectivity index (χ4n) is 2.79. The summed E-state index contributed by atoms with van der Waals surface area (Å²) in [6, 6.07) is 11.1. The van der Waals surface area contributed by atoms with Gasteiger partial charge in [-0.25, -0.2) is 4.79 Å². The largest absolute Gasteiger partial charge is 0.497 e. The molecule has 0 unspecified atom stereocenters. The van der Waals surface area contributed by atoms with Gasteiger partial charge in [0, 0.05) is 29.1 Å². The number of halogens is 1. The first-order valence-corrected chi connectivity index (χ1v) is 9.63. The number of benzene rings is 2. The fraction of sp³-hybridized carbons (Fsp3) is 0.316. The molecular formula is C19H21ClN2O3S. The molecule has 1 aliphatic rings. The average Bonchev–Trinajstić information content (AvgIpc) is 3.14. The first-order chi connectivity index (χ1) is 12.5. The number of carbonyl (C=O) groups excluding carboxylic acids is 1. The van der Waals surface area contributed by atoms with Crippen LogP contribution in [0.4, 0.5) is 10.5 Å². The molecule has 1 heterocycles. The number of thioether (sulfide) groups is 1. The lowest BCUT2D eigenvalue weighted by atomic mass is 10.2. The third kappa shape index (κ3) is 4.02. The number of nitrogens with zero attached hydrogens (tertiary/aromatic N) is 1. The van der Waals surface area contributed by atoms with Gasteiger partial charge in [-0.1, -0.05) is 17.7 Å². The smallest absolute Gasteiger partial charge is 0.323 e. The number of ether oxygens (including phenoxy) is 2. The molecule has 26 heavy (non-hydrogen) atoms. The van der Waals surface area contributed by atoms with E-state index in [0.29, 0.717) is 28.8 Å². The van der Waals surface area contributed by atoms with Crippen LogP contribution in [0, 0.1) is 6.92 Å². The quantitative estimate of drug-likeness (QED) is 0.800. The van der Waals surface area contributed by atoms with Crippen LogP contribution in [0.15, 0.2) is 36.4 Å². The summed E-state index contributed by atoms with van der Waals surface area (Å²) in [7, 11) is 3.23. The van der Waals surface area contributed by atoms with E-state index in [1.165, 1.54) is 0 Å². The summed E-state index contributed by atoms with van der Waals surface area (Å²) in [5, 5.41) is 3.47. The molecule has 1 aliphatic heterocycles. The number of hydrogen-bond donors (Lipinski definition) is 1. The number of aryl methyl sites for hydroxylation is 1. The Bertz CT molecular complexity index is 793. The maximum absolute atomic E-state index is 12.8. The highest BCUT2D eigenvalue weighted by molar-refractivity contribution is 7.99. The minimum atomic E-state index is -0.151. The van der Waals surface area contributed by atoms with Gasteiger partial charge >= 0.3 is 6.03 Å². The summed E-state index contributed by atoms with van der Waals surface area (Å²) < 4.78 is 10.7. The molecule has 2 amide bonds. The highest BCUT2D eigenvalue weighted by atomic mass is 35.5. The van der Waals surface area contributed by atoms with E-state index in [1.54, 1.807) is 32.0 Å². The molecule has 0 aliphatic carbocycles. The van der Waals surface area contributed by atoms with Gasteiger partial charge in [0.05, 0.1) is 14.2 Å². The van der Waals surface area contributed by atoms with Gasteiger partial charge in [0.25, 0.3) is 0 Å². The third-order valence-corrected chi connectivity index (χ3v) is 5.90. The number of urea groups is 1. The Kier molecular flexibility index (Phi) is 5.84. The van der Waals surface area contributed by atoms with Gasteiger partial charge in [-0.3, -0.25) is 0 Å². The fourth-order valence-corrected chi connectivity index (χ4v) is 4.21. The summed E-state index contributed by atoms with van der Waals surface area (Å²) >= 11 is 7.87. The molecule has 138 valence electrons. The number of methoxy groups -OCH3 is 2. The number of anilines is 1. The Morgan fingerprint density at radius 1 is 1.19 bits per heavy atom. The van der Waals surface area contributed by atoms with Crippen molar-refractivity contribution in [3.8, 4) is 11.5 Å². The van der Waals surface area contributed by atoms with Gasteiger partial charge in [0.2, 0.25) is 0 Å². The predicted molar refractivity (Wildman–Crippen MR) is 107 cm³/mol. The second kappa shape index (κ2) is 8.10. The van der Waals surface area contributed by atoms with E-state index in [9.17, 15) is 4.79 Å². The summed E-state index contributed by atoms with van der Waals surface area (Å²) in [5.41, 5.74) is 2.63. The lowest BCUT2D eigenvalue weighted by Crippen LogP contribution is -2.34. The average molecular weight is 393 g/mol. The summed E-state index contributed by atoms with van der Waals surface area (Å²) in [5.74, 6) is 2.28. The zero-order valence-corrected chi connectivity index (χ0v) is 16.5. The molecule has 5 nitrogen and oxygen atoms in total. The first-order valence-electron chi connectivity index (χ1n) is 8.20. The van der Waals surface area contributed by atoms with E-state index < -0.39 is 0 Å². The van der Waals surface area contributed by atoms with Crippen LogP contribution < -0.4 is 14.8 Å². The molecule has 0 saturated carbocycles. The number of carbonyl (C=O) groups is 1. The van der Waals surface area contributed by atoms with Crippen LogP contribution in [-0.4, -0.2) is 37.4 Å². The van der Waals surface area contributed by atoms with E-state index in [1.807, 2.05) is 42.2 Å². The van der Waals surface area contributed by atoms with Crippen LogP contribution in [-0.2, 0) is 0 Å². The zero-order chi connectivity index (χ0) is 18.7. The third-order valence-electron chi connectivity index (χ3n) is 4.23. The van der Waals surface area contributed by atoms with Gasteiger partial charge in [-0.2, -0.15) is 0 Å². The molecule has 0 radical (unpaired) electrons. The van der Waals surface area contributed by atoms with Crippen molar-refractivity contribution in [2.75, 3.05) is 31.8 Å². The van der Waals surface area contributed by atoms with Crippen molar-refractivity contribution in [2.45, 2.75) is 12.3 Å². The van der Waals surface area contributed by atoms with Crippen molar-refractivity contribution >= 4 is 35.1 Å². The Balaban J connectivity index is 1.81. The van der Waals surface area contributed by atoms with Crippen molar-refractivity contribution in [2.24, 2.45) is 0 Å². The molecule has 0 aromatic heterocycles. The standard InChI is InChI=1S/C19H21ClN2O3S/c1-12-4-5-14(10-17(12)20)21-19(23)22-6-7-26-18(22)13-8-15(24-2)11-16(9-13)25-3/h4-5,8-11,18H,6-7H2,1-3H3,(H,21,23)/t18-/m0/s1. The highest BCUT2D eigenvalue weighted by Crippen LogP contribution is 2.41. The van der Waals surface area contributed by atoms with Crippen LogP contribution >= 0.6 is 23.4 Å². The molecule has 1 fully saturated rings. The van der Waals surface area contributed by atoms with Crippen LogP contribution in [0.5, 0.6) is 11.5 Å². The summed E-state index contributed by atoms with van der Waals surface area (Å²) in [6.07, 6.45) is 0. The Hall–Kier alpha value is -2.05. The van der Waals surface area contributed by atoms with E-state index in [-0.39, 0.29) is 11.4 Å². The number of nitrogens with one attached hydrogen (secondary N) is 1. The topological polar surface area (TPSA) is 50.8 Å². The molecular weight excluding hydrogens is 372 g/mol. The van der Waals surface area contributed by atoms with Crippen LogP contribution in [0.25, 0.3) is 0 Å². The summed E-state index contributed by atoms with van der Waals surface area (Å²) in [4.78, 5) is 14.6. The van der Waals surface area contributed by atoms with E-state index in [0.717, 1.165) is 16.9 Å². The van der Waals surface area contributed by atoms with Crippen molar-refractivity contribution < 1.29 is 14.3 Å². The zero-order valence-electron chi connectivity index (χ0n) is 14.9. The van der Waals surface area contributed by atoms with Crippen molar-refractivity contribution in [1.29, 1.82) is 0 Å². The Morgan fingerprint density at radius 3 is 2.50 bits per heavy atom. The monoisotopic (exact) mass is 392 g/mol. The van der Waals surface area contributed by atoms with Crippen molar-refractivity contribution in [1.82, 2.24) is 4.90 Å². The minimum absolute atomic E-state index is 0.0973. The number of rotatable bonds is 4. The SMILES string of the molecule is COc1cc(OC)cc([C@@H]2SCCN2C(=O)Nc2ccc(C)c(Cl)c2)c1. The highest BCUT2D eigenvalue weighted by Gasteiger charge is 2.31. The molecule has 3 rings (SSSR count). The molecule has 1 atom stereocenters. The predicted octanol–water partition coefficient (Wildman–Crippen LogP) is 4.95.